The molecule has 2 aliphatic heterocycles. The molecule has 0 aliphatic carbocycles. The third-order valence-corrected chi connectivity index (χ3v) is 9.54. The number of carbonyl (C=O) groups excluding carboxylic acids is 1. The SMILES string of the molecule is CC1CN(C(C)C(=O)Nc2ccc3sc4c(-c5cccc6c(=O)cc(N7CCOCC7)oc56)cccc4c3c2)CCO1. The fourth-order valence-corrected chi connectivity index (χ4v) is 7.23. The average Bonchev–Trinajstić information content (AvgIpc) is 3.39. The molecule has 2 atom stereocenters. The number of morpholine rings is 2. The van der Waals surface area contributed by atoms with E-state index in [1.165, 1.54) is 0 Å². The highest BCUT2D eigenvalue weighted by molar-refractivity contribution is 7.26. The van der Waals surface area contributed by atoms with Crippen molar-refractivity contribution in [1.29, 1.82) is 0 Å². The highest BCUT2D eigenvalue weighted by Crippen LogP contribution is 2.42. The van der Waals surface area contributed by atoms with Crippen molar-refractivity contribution in [3.8, 4) is 11.1 Å². The maximum atomic E-state index is 13.2. The highest BCUT2D eigenvalue weighted by atomic mass is 32.1. The number of rotatable bonds is 5. The van der Waals surface area contributed by atoms with E-state index < -0.39 is 0 Å². The molecule has 5 aromatic rings. The Morgan fingerprint density at radius 1 is 0.952 bits per heavy atom. The molecule has 9 heteroatoms. The minimum Gasteiger partial charge on any atom is -0.440 e. The smallest absolute Gasteiger partial charge is 0.241 e. The predicted octanol–water partition coefficient (Wildman–Crippen LogP) is 5.71. The molecule has 7 rings (SSSR count). The van der Waals surface area contributed by atoms with Gasteiger partial charge >= 0.3 is 0 Å². The second-order valence-electron chi connectivity index (χ2n) is 11.1. The predicted molar refractivity (Wildman–Crippen MR) is 169 cm³/mol. The van der Waals surface area contributed by atoms with Gasteiger partial charge in [-0.15, -0.1) is 11.3 Å². The van der Waals surface area contributed by atoms with E-state index in [4.69, 9.17) is 13.9 Å². The van der Waals surface area contributed by atoms with E-state index in [0.29, 0.717) is 49.8 Å². The van der Waals surface area contributed by atoms with Crippen LogP contribution in [0.5, 0.6) is 0 Å². The van der Waals surface area contributed by atoms with E-state index in [-0.39, 0.29) is 23.5 Å². The van der Waals surface area contributed by atoms with Crippen molar-refractivity contribution in [3.63, 3.8) is 0 Å². The van der Waals surface area contributed by atoms with Crippen molar-refractivity contribution < 1.29 is 18.7 Å². The molecule has 2 saturated heterocycles. The number of hydrogen-bond donors (Lipinski definition) is 1. The summed E-state index contributed by atoms with van der Waals surface area (Å²) in [4.78, 5) is 30.5. The lowest BCUT2D eigenvalue weighted by Crippen LogP contribution is -2.50. The summed E-state index contributed by atoms with van der Waals surface area (Å²) in [5, 5.41) is 5.88. The highest BCUT2D eigenvalue weighted by Gasteiger charge is 2.26. The van der Waals surface area contributed by atoms with Gasteiger partial charge in [-0.1, -0.05) is 30.3 Å². The second kappa shape index (κ2) is 11.1. The van der Waals surface area contributed by atoms with E-state index in [9.17, 15) is 9.59 Å². The monoisotopic (exact) mass is 583 g/mol. The van der Waals surface area contributed by atoms with Crippen molar-refractivity contribution in [2.45, 2.75) is 26.0 Å². The molecule has 3 aromatic carbocycles. The Kier molecular flexibility index (Phi) is 7.19. The average molecular weight is 584 g/mol. The molecule has 42 heavy (non-hydrogen) atoms. The normalized spacial score (nSPS) is 19.0. The van der Waals surface area contributed by atoms with E-state index >= 15 is 0 Å². The summed E-state index contributed by atoms with van der Waals surface area (Å²) >= 11 is 1.70. The number of para-hydroxylation sites is 1. The number of ether oxygens (including phenoxy) is 2. The lowest BCUT2D eigenvalue weighted by Gasteiger charge is -2.34. The molecule has 2 aliphatic rings. The van der Waals surface area contributed by atoms with Crippen LogP contribution in [0.2, 0.25) is 0 Å². The van der Waals surface area contributed by atoms with E-state index in [2.05, 4.69) is 39.4 Å². The summed E-state index contributed by atoms with van der Waals surface area (Å²) < 4.78 is 19.8. The van der Waals surface area contributed by atoms with Gasteiger partial charge in [-0.25, -0.2) is 0 Å². The van der Waals surface area contributed by atoms with Crippen LogP contribution in [0.3, 0.4) is 0 Å². The van der Waals surface area contributed by atoms with Gasteiger partial charge in [-0.3, -0.25) is 14.5 Å². The maximum absolute atomic E-state index is 13.2. The number of carbonyl (C=O) groups is 1. The number of hydrogen-bond acceptors (Lipinski definition) is 8. The van der Waals surface area contributed by atoms with Crippen LogP contribution >= 0.6 is 11.3 Å². The summed E-state index contributed by atoms with van der Waals surface area (Å²) in [6, 6.07) is 19.4. The Morgan fingerprint density at radius 2 is 1.74 bits per heavy atom. The molecular formula is C33H33N3O5S. The van der Waals surface area contributed by atoms with Gasteiger partial charge in [-0.05, 0) is 38.1 Å². The first-order chi connectivity index (χ1) is 20.5. The van der Waals surface area contributed by atoms with Gasteiger partial charge in [-0.2, -0.15) is 0 Å². The molecule has 8 nitrogen and oxygen atoms in total. The standard InChI is InChI=1S/C33H33N3O5S/c1-20-19-36(13-16-40-20)21(2)33(38)34-22-9-10-29-27(17-22)25-7-4-6-24(32(25)42-29)23-5-3-8-26-28(37)18-30(41-31(23)26)35-11-14-39-15-12-35/h3-10,17-18,20-21H,11-16,19H2,1-2H3,(H,34,38). The van der Waals surface area contributed by atoms with Gasteiger partial charge in [0.2, 0.25) is 5.91 Å². The number of nitrogens with one attached hydrogen (secondary N) is 1. The van der Waals surface area contributed by atoms with Crippen LogP contribution in [0.15, 0.2) is 69.9 Å². The van der Waals surface area contributed by atoms with Crippen molar-refractivity contribution in [2.75, 3.05) is 56.2 Å². The number of nitrogens with zero attached hydrogens (tertiary/aromatic N) is 2. The fraction of sp³-hybridized carbons (Fsp3) is 0.333. The molecule has 0 saturated carbocycles. The molecule has 2 fully saturated rings. The van der Waals surface area contributed by atoms with Crippen molar-refractivity contribution >= 4 is 60.0 Å². The summed E-state index contributed by atoms with van der Waals surface area (Å²) in [6.07, 6.45) is 0.123. The zero-order chi connectivity index (χ0) is 28.8. The molecule has 1 amide bonds. The van der Waals surface area contributed by atoms with Gasteiger partial charge in [0.15, 0.2) is 11.3 Å². The summed E-state index contributed by atoms with van der Waals surface area (Å²) in [7, 11) is 0. The van der Waals surface area contributed by atoms with Crippen molar-refractivity contribution in [1.82, 2.24) is 4.90 Å². The molecule has 2 aromatic heterocycles. The Morgan fingerprint density at radius 3 is 2.55 bits per heavy atom. The van der Waals surface area contributed by atoms with Crippen LogP contribution < -0.4 is 15.6 Å². The van der Waals surface area contributed by atoms with Crippen molar-refractivity contribution in [3.05, 3.63) is 70.9 Å². The lowest BCUT2D eigenvalue weighted by atomic mass is 10.0. The van der Waals surface area contributed by atoms with Gasteiger partial charge in [0, 0.05) is 69.2 Å². The quantitative estimate of drug-likeness (QED) is 0.284. The zero-order valence-electron chi connectivity index (χ0n) is 23.7. The summed E-state index contributed by atoms with van der Waals surface area (Å²) in [5.41, 5.74) is 3.22. The van der Waals surface area contributed by atoms with Crippen LogP contribution in [0.1, 0.15) is 13.8 Å². The van der Waals surface area contributed by atoms with Gasteiger partial charge in [0.1, 0.15) is 5.58 Å². The molecule has 0 spiro atoms. The minimum atomic E-state index is -0.249. The number of fused-ring (bicyclic) bond motifs is 4. The van der Waals surface area contributed by atoms with Gasteiger partial charge in [0.05, 0.1) is 37.4 Å². The topological polar surface area (TPSA) is 84.3 Å². The fourth-order valence-electron chi connectivity index (χ4n) is 6.01. The second-order valence-corrected chi connectivity index (χ2v) is 12.1. The lowest BCUT2D eigenvalue weighted by molar-refractivity contribution is -0.123. The Bertz CT molecular complexity index is 1860. The number of thiophene rings is 1. The van der Waals surface area contributed by atoms with Crippen LogP contribution in [-0.4, -0.2) is 69.0 Å². The molecule has 2 unspecified atom stereocenters. The minimum absolute atomic E-state index is 0.0227. The largest absolute Gasteiger partial charge is 0.440 e. The van der Waals surface area contributed by atoms with Gasteiger partial charge in [0.25, 0.3) is 0 Å². The summed E-state index contributed by atoms with van der Waals surface area (Å²) in [5.74, 6) is 0.554. The molecular weight excluding hydrogens is 550 g/mol. The Labute approximate surface area is 247 Å². The number of amides is 1. The third kappa shape index (κ3) is 4.96. The van der Waals surface area contributed by atoms with E-state index in [1.54, 1.807) is 17.4 Å². The van der Waals surface area contributed by atoms with Crippen molar-refractivity contribution in [2.24, 2.45) is 0 Å². The van der Waals surface area contributed by atoms with Crippen LogP contribution in [0.25, 0.3) is 42.3 Å². The summed E-state index contributed by atoms with van der Waals surface area (Å²) in [6.45, 7) is 8.71. The zero-order valence-corrected chi connectivity index (χ0v) is 24.5. The molecule has 0 radical (unpaired) electrons. The number of anilines is 2. The first-order valence-electron chi connectivity index (χ1n) is 14.5. The Hall–Kier alpha value is -3.76. The van der Waals surface area contributed by atoms with Crippen LogP contribution in [0.4, 0.5) is 11.6 Å². The van der Waals surface area contributed by atoms with Crippen LogP contribution in [0, 0.1) is 0 Å². The first-order valence-corrected chi connectivity index (χ1v) is 15.3. The molecule has 216 valence electrons. The number of benzene rings is 3. The molecule has 1 N–H and O–H groups in total. The first kappa shape index (κ1) is 27.1. The molecule has 0 bridgehead atoms. The third-order valence-electron chi connectivity index (χ3n) is 8.32. The molecule has 4 heterocycles. The van der Waals surface area contributed by atoms with Gasteiger partial charge < -0.3 is 24.1 Å². The Balaban J connectivity index is 1.26. The maximum Gasteiger partial charge on any atom is 0.241 e. The van der Waals surface area contributed by atoms with E-state index in [0.717, 1.165) is 50.1 Å². The van der Waals surface area contributed by atoms with Crippen LogP contribution in [-0.2, 0) is 14.3 Å². The van der Waals surface area contributed by atoms with E-state index in [1.807, 2.05) is 44.2 Å².